The summed E-state index contributed by atoms with van der Waals surface area (Å²) in [5.41, 5.74) is 1.81. The Balaban J connectivity index is 1.51. The van der Waals surface area contributed by atoms with Gasteiger partial charge in [-0.15, -0.1) is 0 Å². The number of nitrogens with one attached hydrogen (secondary N) is 1. The standard InChI is InChI=1S/C18H18F2N2O2/c19-16-8-7-15(11-17(16)20)24-12-18(23)21-13-3-5-14(6-4-13)22-9-1-2-10-22/h3-8,11H,1-2,9-10,12H2,(H,21,23). The molecule has 0 saturated carbocycles. The van der Waals surface area contributed by atoms with E-state index in [0.717, 1.165) is 30.9 Å². The van der Waals surface area contributed by atoms with Gasteiger partial charge in [0.15, 0.2) is 18.2 Å². The van der Waals surface area contributed by atoms with Crippen LogP contribution in [0.25, 0.3) is 0 Å². The van der Waals surface area contributed by atoms with E-state index < -0.39 is 11.6 Å². The molecule has 1 fully saturated rings. The summed E-state index contributed by atoms with van der Waals surface area (Å²) in [7, 11) is 0. The molecule has 1 aliphatic rings. The number of nitrogens with zero attached hydrogens (tertiary/aromatic N) is 1. The largest absolute Gasteiger partial charge is 0.484 e. The summed E-state index contributed by atoms with van der Waals surface area (Å²) < 4.78 is 31.0. The van der Waals surface area contributed by atoms with Crippen LogP contribution in [0, 0.1) is 11.6 Å². The SMILES string of the molecule is O=C(COc1ccc(F)c(F)c1)Nc1ccc(N2CCCC2)cc1. The molecular weight excluding hydrogens is 314 g/mol. The van der Waals surface area contributed by atoms with Crippen LogP contribution < -0.4 is 15.0 Å². The zero-order valence-corrected chi connectivity index (χ0v) is 13.1. The Hall–Kier alpha value is -2.63. The lowest BCUT2D eigenvalue weighted by Crippen LogP contribution is -2.20. The first kappa shape index (κ1) is 16.2. The predicted molar refractivity (Wildman–Crippen MR) is 88.4 cm³/mol. The summed E-state index contributed by atoms with van der Waals surface area (Å²) in [6, 6.07) is 10.8. The minimum absolute atomic E-state index is 0.105. The van der Waals surface area contributed by atoms with E-state index in [4.69, 9.17) is 4.74 Å². The fraction of sp³-hybridized carbons (Fsp3) is 0.278. The molecule has 24 heavy (non-hydrogen) atoms. The summed E-state index contributed by atoms with van der Waals surface area (Å²) >= 11 is 0. The number of hydrogen-bond acceptors (Lipinski definition) is 3. The molecular formula is C18H18F2N2O2. The third-order valence-electron chi connectivity index (χ3n) is 3.88. The van der Waals surface area contributed by atoms with Crippen molar-refractivity contribution in [1.82, 2.24) is 0 Å². The van der Waals surface area contributed by atoms with Crippen molar-refractivity contribution in [3.63, 3.8) is 0 Å². The van der Waals surface area contributed by atoms with Crippen molar-refractivity contribution in [1.29, 1.82) is 0 Å². The summed E-state index contributed by atoms with van der Waals surface area (Å²) in [4.78, 5) is 14.2. The van der Waals surface area contributed by atoms with Crippen LogP contribution in [0.4, 0.5) is 20.2 Å². The minimum atomic E-state index is -1.01. The highest BCUT2D eigenvalue weighted by Gasteiger charge is 2.12. The van der Waals surface area contributed by atoms with Crippen molar-refractivity contribution in [2.75, 3.05) is 29.9 Å². The molecule has 1 saturated heterocycles. The number of benzene rings is 2. The van der Waals surface area contributed by atoms with Crippen molar-refractivity contribution >= 4 is 17.3 Å². The monoisotopic (exact) mass is 332 g/mol. The van der Waals surface area contributed by atoms with Crippen molar-refractivity contribution in [3.05, 3.63) is 54.1 Å². The molecule has 0 radical (unpaired) electrons. The van der Waals surface area contributed by atoms with Gasteiger partial charge in [0, 0.05) is 30.5 Å². The van der Waals surface area contributed by atoms with E-state index in [9.17, 15) is 13.6 Å². The van der Waals surface area contributed by atoms with Crippen LogP contribution in [0.3, 0.4) is 0 Å². The highest BCUT2D eigenvalue weighted by atomic mass is 19.2. The maximum absolute atomic E-state index is 13.1. The van der Waals surface area contributed by atoms with Gasteiger partial charge in [0.1, 0.15) is 5.75 Å². The van der Waals surface area contributed by atoms with Gasteiger partial charge < -0.3 is 15.0 Å². The first-order valence-corrected chi connectivity index (χ1v) is 7.84. The number of carbonyl (C=O) groups is 1. The van der Waals surface area contributed by atoms with Crippen LogP contribution in [0.5, 0.6) is 5.75 Å². The summed E-state index contributed by atoms with van der Waals surface area (Å²) in [5.74, 6) is -2.22. The summed E-state index contributed by atoms with van der Waals surface area (Å²) in [5, 5.41) is 2.71. The zero-order chi connectivity index (χ0) is 16.9. The lowest BCUT2D eigenvalue weighted by atomic mass is 10.2. The van der Waals surface area contributed by atoms with E-state index in [0.29, 0.717) is 5.69 Å². The quantitative estimate of drug-likeness (QED) is 0.910. The van der Waals surface area contributed by atoms with Gasteiger partial charge in [-0.3, -0.25) is 4.79 Å². The number of anilines is 2. The highest BCUT2D eigenvalue weighted by molar-refractivity contribution is 5.92. The van der Waals surface area contributed by atoms with Gasteiger partial charge in [0.2, 0.25) is 0 Å². The molecule has 0 aromatic heterocycles. The van der Waals surface area contributed by atoms with Crippen molar-refractivity contribution in [2.24, 2.45) is 0 Å². The number of hydrogen-bond donors (Lipinski definition) is 1. The molecule has 2 aromatic rings. The molecule has 4 nitrogen and oxygen atoms in total. The van der Waals surface area contributed by atoms with Crippen LogP contribution in [0.2, 0.25) is 0 Å². The molecule has 3 rings (SSSR count). The van der Waals surface area contributed by atoms with Crippen LogP contribution in [0.15, 0.2) is 42.5 Å². The Morgan fingerprint density at radius 3 is 2.42 bits per heavy atom. The Morgan fingerprint density at radius 1 is 1.04 bits per heavy atom. The lowest BCUT2D eigenvalue weighted by Gasteiger charge is -2.17. The molecule has 1 heterocycles. The second-order valence-electron chi connectivity index (χ2n) is 5.65. The Labute approximate surface area is 139 Å². The van der Waals surface area contributed by atoms with Gasteiger partial charge in [-0.05, 0) is 49.2 Å². The molecule has 0 unspecified atom stereocenters. The Morgan fingerprint density at radius 2 is 1.75 bits per heavy atom. The van der Waals surface area contributed by atoms with Gasteiger partial charge in [-0.2, -0.15) is 0 Å². The van der Waals surface area contributed by atoms with Crippen molar-refractivity contribution < 1.29 is 18.3 Å². The van der Waals surface area contributed by atoms with Crippen molar-refractivity contribution in [2.45, 2.75) is 12.8 Å². The molecule has 1 amide bonds. The maximum Gasteiger partial charge on any atom is 0.262 e. The Kier molecular flexibility index (Phi) is 4.93. The van der Waals surface area contributed by atoms with E-state index in [1.165, 1.54) is 18.9 Å². The van der Waals surface area contributed by atoms with Gasteiger partial charge in [-0.25, -0.2) is 8.78 Å². The second kappa shape index (κ2) is 7.29. The first-order chi connectivity index (χ1) is 11.6. The molecule has 0 aliphatic carbocycles. The minimum Gasteiger partial charge on any atom is -0.484 e. The molecule has 1 aliphatic heterocycles. The summed E-state index contributed by atoms with van der Waals surface area (Å²) in [6.07, 6.45) is 2.42. The van der Waals surface area contributed by atoms with E-state index in [-0.39, 0.29) is 18.3 Å². The smallest absolute Gasteiger partial charge is 0.262 e. The average Bonchev–Trinajstić information content (AvgIpc) is 3.11. The molecule has 0 spiro atoms. The average molecular weight is 332 g/mol. The highest BCUT2D eigenvalue weighted by Crippen LogP contribution is 2.22. The topological polar surface area (TPSA) is 41.6 Å². The number of amides is 1. The number of carbonyl (C=O) groups excluding carboxylic acids is 1. The molecule has 2 aromatic carbocycles. The number of halogens is 2. The predicted octanol–water partition coefficient (Wildman–Crippen LogP) is 3.58. The summed E-state index contributed by atoms with van der Waals surface area (Å²) in [6.45, 7) is 1.85. The Bertz CT molecular complexity index is 713. The maximum atomic E-state index is 13.1. The molecule has 1 N–H and O–H groups in total. The van der Waals surface area contributed by atoms with E-state index in [1.54, 1.807) is 0 Å². The van der Waals surface area contributed by atoms with Gasteiger partial charge in [0.25, 0.3) is 5.91 Å². The van der Waals surface area contributed by atoms with E-state index in [1.807, 2.05) is 24.3 Å². The number of ether oxygens (including phenoxy) is 1. The van der Waals surface area contributed by atoms with E-state index >= 15 is 0 Å². The third kappa shape index (κ3) is 4.01. The van der Waals surface area contributed by atoms with Gasteiger partial charge >= 0.3 is 0 Å². The molecule has 126 valence electrons. The molecule has 0 atom stereocenters. The fourth-order valence-corrected chi connectivity index (χ4v) is 2.64. The fourth-order valence-electron chi connectivity index (χ4n) is 2.64. The zero-order valence-electron chi connectivity index (χ0n) is 13.1. The van der Waals surface area contributed by atoms with Crippen LogP contribution >= 0.6 is 0 Å². The van der Waals surface area contributed by atoms with Crippen LogP contribution in [-0.2, 0) is 4.79 Å². The van der Waals surface area contributed by atoms with E-state index in [2.05, 4.69) is 10.2 Å². The molecule has 0 bridgehead atoms. The normalized spacial score (nSPS) is 13.8. The second-order valence-corrected chi connectivity index (χ2v) is 5.65. The molecule has 6 heteroatoms. The van der Waals surface area contributed by atoms with Crippen molar-refractivity contribution in [3.8, 4) is 5.75 Å². The lowest BCUT2D eigenvalue weighted by molar-refractivity contribution is -0.118. The van der Waals surface area contributed by atoms with Gasteiger partial charge in [-0.1, -0.05) is 0 Å². The van der Waals surface area contributed by atoms with Gasteiger partial charge in [0.05, 0.1) is 0 Å². The van der Waals surface area contributed by atoms with Crippen LogP contribution in [0.1, 0.15) is 12.8 Å². The third-order valence-corrected chi connectivity index (χ3v) is 3.88. The number of rotatable bonds is 5. The first-order valence-electron chi connectivity index (χ1n) is 7.84. The van der Waals surface area contributed by atoms with Crippen LogP contribution in [-0.4, -0.2) is 25.6 Å².